The Kier molecular flexibility index (Phi) is 4.37. The van der Waals surface area contributed by atoms with Crippen molar-refractivity contribution in [3.63, 3.8) is 0 Å². The van der Waals surface area contributed by atoms with Gasteiger partial charge in [-0.3, -0.25) is 14.6 Å². The number of hydrogen-bond acceptors (Lipinski definition) is 4. The number of allylic oxidation sites excluding steroid dienone is 4. The van der Waals surface area contributed by atoms with Gasteiger partial charge in [-0.15, -0.1) is 0 Å². The summed E-state index contributed by atoms with van der Waals surface area (Å²) in [5.41, 5.74) is 0.728. The van der Waals surface area contributed by atoms with E-state index in [9.17, 15) is 4.79 Å². The number of hydrogen-bond donors (Lipinski definition) is 0. The van der Waals surface area contributed by atoms with Gasteiger partial charge in [-0.2, -0.15) is 0 Å². The molecule has 3 heterocycles. The average Bonchev–Trinajstić information content (AvgIpc) is 3.30. The second-order valence-corrected chi connectivity index (χ2v) is 8.62. The predicted octanol–water partition coefficient (Wildman–Crippen LogP) is 3.53. The summed E-state index contributed by atoms with van der Waals surface area (Å²) in [5.74, 6) is 3.58. The molecule has 0 spiro atoms. The van der Waals surface area contributed by atoms with Gasteiger partial charge in [-0.1, -0.05) is 43.6 Å². The van der Waals surface area contributed by atoms with Crippen molar-refractivity contribution in [2.75, 3.05) is 18.5 Å². The zero-order valence-electron chi connectivity index (χ0n) is 16.8. The molecule has 1 aromatic rings. The van der Waals surface area contributed by atoms with Crippen molar-refractivity contribution >= 4 is 17.7 Å². The first-order valence-electron chi connectivity index (χ1n) is 10.7. The van der Waals surface area contributed by atoms with Gasteiger partial charge < -0.3 is 4.57 Å². The number of guanidine groups is 1. The third-order valence-corrected chi connectivity index (χ3v) is 6.78. The maximum absolute atomic E-state index is 13.2. The summed E-state index contributed by atoms with van der Waals surface area (Å²) in [6, 6.07) is 0.286. The Morgan fingerprint density at radius 1 is 1.18 bits per heavy atom. The van der Waals surface area contributed by atoms with Crippen LogP contribution in [0.15, 0.2) is 29.3 Å². The minimum absolute atomic E-state index is 0.0187. The first kappa shape index (κ1) is 17.7. The van der Waals surface area contributed by atoms with E-state index < -0.39 is 0 Å². The fraction of sp³-hybridized carbons (Fsp3) is 0.591. The molecule has 0 radical (unpaired) electrons. The minimum atomic E-state index is 0.0187. The fourth-order valence-electron chi connectivity index (χ4n) is 5.17. The molecule has 2 atom stereocenters. The van der Waals surface area contributed by atoms with Gasteiger partial charge in [0.25, 0.3) is 5.91 Å². The number of fused-ring (bicyclic) bond motifs is 3. The van der Waals surface area contributed by atoms with Gasteiger partial charge in [0.2, 0.25) is 5.96 Å². The topological polar surface area (TPSA) is 53.7 Å². The highest BCUT2D eigenvalue weighted by Crippen LogP contribution is 2.37. The first-order valence-corrected chi connectivity index (χ1v) is 10.7. The first-order chi connectivity index (χ1) is 13.6. The maximum Gasteiger partial charge on any atom is 0.280 e. The molecule has 1 unspecified atom stereocenters. The standard InChI is InChI=1S/C22H29N5O/c1-15-23-20-19(26(15)13-16-9-5-3-6-10-16)21(28)25(2)22-24-18(14-27(20)22)17-11-7-4-8-12-17/h3,5-6,9,16-18H,4,7-8,10-14H2,1-2H3/t16?,18-/m0/s1. The van der Waals surface area contributed by atoms with E-state index in [-0.39, 0.29) is 11.9 Å². The summed E-state index contributed by atoms with van der Waals surface area (Å²) in [6.07, 6.45) is 16.1. The summed E-state index contributed by atoms with van der Waals surface area (Å²) in [4.78, 5) is 27.0. The van der Waals surface area contributed by atoms with Gasteiger partial charge in [-0.05, 0) is 38.0 Å². The van der Waals surface area contributed by atoms with Crippen molar-refractivity contribution in [3.8, 4) is 0 Å². The summed E-state index contributed by atoms with van der Waals surface area (Å²) in [5, 5.41) is 0. The Bertz CT molecular complexity index is 874. The van der Waals surface area contributed by atoms with Gasteiger partial charge >= 0.3 is 0 Å². The Balaban J connectivity index is 1.47. The summed E-state index contributed by atoms with van der Waals surface area (Å²) < 4.78 is 2.12. The lowest BCUT2D eigenvalue weighted by atomic mass is 9.84. The molecular weight excluding hydrogens is 350 g/mol. The van der Waals surface area contributed by atoms with Crippen LogP contribution < -0.4 is 4.90 Å². The molecule has 2 aliphatic carbocycles. The van der Waals surface area contributed by atoms with Crippen LogP contribution in [-0.2, 0) is 6.54 Å². The highest BCUT2D eigenvalue weighted by atomic mass is 16.2. The largest absolute Gasteiger partial charge is 0.322 e. The molecule has 148 valence electrons. The number of carbonyl (C=O) groups excluding carboxylic acids is 1. The third-order valence-electron chi connectivity index (χ3n) is 6.78. The van der Waals surface area contributed by atoms with Crippen LogP contribution in [0.3, 0.4) is 0 Å². The van der Waals surface area contributed by atoms with E-state index in [1.807, 2.05) is 14.0 Å². The van der Waals surface area contributed by atoms with Crippen LogP contribution in [0.2, 0.25) is 0 Å². The lowest BCUT2D eigenvalue weighted by Gasteiger charge is -2.32. The van der Waals surface area contributed by atoms with E-state index in [4.69, 9.17) is 9.98 Å². The molecule has 5 rings (SSSR count). The number of rotatable bonds is 3. The molecule has 4 aliphatic rings. The Morgan fingerprint density at radius 2 is 2.00 bits per heavy atom. The molecule has 0 saturated heterocycles. The minimum Gasteiger partial charge on any atom is -0.322 e. The summed E-state index contributed by atoms with van der Waals surface area (Å²) >= 11 is 0. The highest BCUT2D eigenvalue weighted by molar-refractivity contribution is 6.17. The third kappa shape index (κ3) is 2.81. The maximum atomic E-state index is 13.2. The number of anilines is 1. The smallest absolute Gasteiger partial charge is 0.280 e. The Morgan fingerprint density at radius 3 is 2.75 bits per heavy atom. The summed E-state index contributed by atoms with van der Waals surface area (Å²) in [7, 11) is 1.86. The molecule has 1 amide bonds. The van der Waals surface area contributed by atoms with Gasteiger partial charge in [0, 0.05) is 13.6 Å². The summed E-state index contributed by atoms with van der Waals surface area (Å²) in [6.45, 7) is 3.66. The molecule has 1 aromatic heterocycles. The van der Waals surface area contributed by atoms with E-state index in [0.29, 0.717) is 11.8 Å². The number of aliphatic imine (C=N–C) groups is 1. The van der Waals surface area contributed by atoms with Crippen molar-refractivity contribution in [1.82, 2.24) is 14.5 Å². The van der Waals surface area contributed by atoms with Gasteiger partial charge in [0.05, 0.1) is 12.6 Å². The monoisotopic (exact) mass is 379 g/mol. The zero-order valence-corrected chi connectivity index (χ0v) is 16.8. The number of aryl methyl sites for hydroxylation is 1. The van der Waals surface area contributed by atoms with Crippen molar-refractivity contribution in [2.24, 2.45) is 16.8 Å². The SMILES string of the molecule is Cc1nc2c(n1CC1C=CC=CC1)C(=O)N(C)C1=N[C@H](C3CCCCC3)CN12. The molecule has 1 fully saturated rings. The zero-order chi connectivity index (χ0) is 19.3. The van der Waals surface area contributed by atoms with Crippen molar-refractivity contribution in [1.29, 1.82) is 0 Å². The number of nitrogens with zero attached hydrogens (tertiary/aromatic N) is 5. The molecule has 0 N–H and O–H groups in total. The van der Waals surface area contributed by atoms with E-state index in [1.165, 1.54) is 32.1 Å². The number of carbonyl (C=O) groups is 1. The van der Waals surface area contributed by atoms with Gasteiger partial charge in [0.1, 0.15) is 5.82 Å². The van der Waals surface area contributed by atoms with E-state index in [0.717, 1.165) is 42.8 Å². The van der Waals surface area contributed by atoms with E-state index >= 15 is 0 Å². The molecule has 1 saturated carbocycles. The van der Waals surface area contributed by atoms with Crippen LogP contribution in [0.5, 0.6) is 0 Å². The van der Waals surface area contributed by atoms with E-state index in [2.05, 4.69) is 33.8 Å². The van der Waals surface area contributed by atoms with Gasteiger partial charge in [-0.25, -0.2) is 9.98 Å². The molecule has 2 aliphatic heterocycles. The van der Waals surface area contributed by atoms with E-state index in [1.54, 1.807) is 4.90 Å². The average molecular weight is 380 g/mol. The second kappa shape index (κ2) is 6.90. The van der Waals surface area contributed by atoms with Crippen LogP contribution in [0, 0.1) is 18.8 Å². The lowest BCUT2D eigenvalue weighted by molar-refractivity contribution is 0.0854. The van der Waals surface area contributed by atoms with Crippen molar-refractivity contribution < 1.29 is 4.79 Å². The van der Waals surface area contributed by atoms with Crippen LogP contribution in [0.25, 0.3) is 0 Å². The predicted molar refractivity (Wildman–Crippen MR) is 111 cm³/mol. The number of aromatic nitrogens is 2. The molecular formula is C22H29N5O. The molecule has 28 heavy (non-hydrogen) atoms. The van der Waals surface area contributed by atoms with Crippen LogP contribution in [0.4, 0.5) is 5.82 Å². The Hall–Kier alpha value is -2.37. The van der Waals surface area contributed by atoms with Crippen LogP contribution in [0.1, 0.15) is 54.8 Å². The molecule has 6 heteroatoms. The number of amides is 1. The normalized spacial score (nSPS) is 27.2. The quantitative estimate of drug-likeness (QED) is 0.807. The lowest BCUT2D eigenvalue weighted by Crippen LogP contribution is -2.49. The second-order valence-electron chi connectivity index (χ2n) is 8.62. The van der Waals surface area contributed by atoms with Crippen molar-refractivity contribution in [3.05, 3.63) is 35.8 Å². The fourth-order valence-corrected chi connectivity index (χ4v) is 5.17. The number of imidazole rings is 1. The van der Waals surface area contributed by atoms with Gasteiger partial charge in [0.15, 0.2) is 11.5 Å². The Labute approximate surface area is 166 Å². The molecule has 6 nitrogen and oxygen atoms in total. The van der Waals surface area contributed by atoms with Crippen LogP contribution >= 0.6 is 0 Å². The molecule has 0 aromatic carbocycles. The highest BCUT2D eigenvalue weighted by Gasteiger charge is 2.43. The molecule has 0 bridgehead atoms. The van der Waals surface area contributed by atoms with Crippen LogP contribution in [-0.4, -0.2) is 46.0 Å². The van der Waals surface area contributed by atoms with Crippen molar-refractivity contribution in [2.45, 2.75) is 58.0 Å².